The fourth-order valence-electron chi connectivity index (χ4n) is 4.19. The number of nitrogens with zero attached hydrogens (tertiary/aromatic N) is 1. The maximum Gasteiger partial charge on any atom is 0.416 e. The van der Waals surface area contributed by atoms with Gasteiger partial charge in [0.2, 0.25) is 11.8 Å². The number of ether oxygens (including phenoxy) is 1. The topological polar surface area (TPSA) is 141 Å². The number of hydrogen-bond acceptors (Lipinski definition) is 6. The first kappa shape index (κ1) is 30.2. The number of methoxy groups -OCH3 is 1. The van der Waals surface area contributed by atoms with E-state index in [-0.39, 0.29) is 17.8 Å². The molecule has 1 aromatic heterocycles. The van der Waals surface area contributed by atoms with Gasteiger partial charge in [0.05, 0.1) is 18.8 Å². The lowest BCUT2D eigenvalue weighted by atomic mass is 10.0. The van der Waals surface area contributed by atoms with Gasteiger partial charge in [-0.05, 0) is 37.3 Å². The quantitative estimate of drug-likeness (QED) is 0.296. The minimum Gasteiger partial charge on any atom is -0.467 e. The van der Waals surface area contributed by atoms with Crippen LogP contribution < -0.4 is 15.5 Å². The number of carbonyl (C=O) groups excluding carboxylic acids is 4. The Labute approximate surface area is 227 Å². The third kappa shape index (κ3) is 6.78. The number of para-hydroxylation sites is 1. The van der Waals surface area contributed by atoms with Gasteiger partial charge in [-0.3, -0.25) is 19.3 Å². The Kier molecular flexibility index (Phi) is 9.20. The molecule has 3 rings (SSSR count). The Balaban J connectivity index is 1.99. The van der Waals surface area contributed by atoms with E-state index in [1.54, 1.807) is 24.3 Å². The van der Waals surface area contributed by atoms with Crippen LogP contribution in [0.2, 0.25) is 0 Å². The summed E-state index contributed by atoms with van der Waals surface area (Å²) < 4.78 is 43.6. The first-order chi connectivity index (χ1) is 18.7. The molecule has 0 spiro atoms. The number of nitrogens with one attached hydrogen (secondary N) is 3. The third-order valence-electron chi connectivity index (χ3n) is 6.23. The van der Waals surface area contributed by atoms with Gasteiger partial charge in [-0.2, -0.15) is 13.2 Å². The molecule has 0 radical (unpaired) electrons. The second-order valence-electron chi connectivity index (χ2n) is 9.14. The van der Waals surface area contributed by atoms with Gasteiger partial charge in [-0.15, -0.1) is 0 Å². The first-order valence-corrected chi connectivity index (χ1v) is 12.1. The van der Waals surface area contributed by atoms with Gasteiger partial charge >= 0.3 is 12.1 Å². The van der Waals surface area contributed by atoms with E-state index in [1.807, 2.05) is 0 Å². The molecule has 0 aliphatic carbocycles. The molecule has 3 atom stereocenters. The summed E-state index contributed by atoms with van der Waals surface area (Å²) in [4.78, 5) is 54.8. The van der Waals surface area contributed by atoms with Crippen molar-refractivity contribution in [3.8, 4) is 0 Å². The summed E-state index contributed by atoms with van der Waals surface area (Å²) in [7, 11) is 2.51. The lowest BCUT2D eigenvalue weighted by Gasteiger charge is -2.24. The lowest BCUT2D eigenvalue weighted by molar-refractivity contribution is -0.148. The molecule has 0 aliphatic rings. The number of aliphatic hydroxyl groups excluding tert-OH is 1. The molecule has 3 amide bonds. The minimum atomic E-state index is -4.56. The van der Waals surface area contributed by atoms with Crippen LogP contribution in [0.1, 0.15) is 35.3 Å². The summed E-state index contributed by atoms with van der Waals surface area (Å²) in [6, 6.07) is 8.05. The Morgan fingerprint density at radius 1 is 1.05 bits per heavy atom. The number of carbonyl (C=O) groups is 4. The number of benzene rings is 2. The number of aliphatic hydroxyl groups is 1. The number of alkyl halides is 3. The highest BCUT2D eigenvalue weighted by Gasteiger charge is 2.33. The molecule has 214 valence electrons. The van der Waals surface area contributed by atoms with E-state index < -0.39 is 53.6 Å². The smallest absolute Gasteiger partial charge is 0.416 e. The zero-order chi connectivity index (χ0) is 29.8. The van der Waals surface area contributed by atoms with Gasteiger partial charge in [0.1, 0.15) is 11.9 Å². The molecule has 0 aliphatic heterocycles. The van der Waals surface area contributed by atoms with Gasteiger partial charge in [0.25, 0.3) is 5.91 Å². The number of hydrogen-bond donors (Lipinski definition) is 4. The molecular weight excluding hydrogens is 533 g/mol. The minimum absolute atomic E-state index is 0.00545. The fraction of sp³-hybridized carbons (Fsp3) is 0.333. The monoisotopic (exact) mass is 562 g/mol. The summed E-state index contributed by atoms with van der Waals surface area (Å²) in [6.07, 6.45) is -6.01. The number of fused-ring (bicyclic) bond motifs is 1. The molecule has 0 bridgehead atoms. The standard InChI is InChI=1S/C27H29F3N4O6/c1-14(35)22(26(39)40-4)33-24(37)21(31-15(2)36)13-19-18-7-5-6-8-20(18)32-23(19)34(3)25(38)16-9-11-17(12-10-16)27(28,29)30/h5-12,14,21-22,32,35H,13H2,1-4H3,(H,31,36)(H,33,37)/t14?,21-,22-/m0/s1. The SMILES string of the molecule is COC(=O)[C@@H](NC(=O)[C@H](Cc1c(N(C)C(=O)c2ccc(C(F)(F)F)cc2)[nH]c2ccccc12)NC(C)=O)C(C)O. The average molecular weight is 563 g/mol. The highest BCUT2D eigenvalue weighted by Crippen LogP contribution is 2.32. The zero-order valence-electron chi connectivity index (χ0n) is 22.1. The number of aromatic nitrogens is 1. The van der Waals surface area contributed by atoms with Crippen LogP contribution in [0.5, 0.6) is 0 Å². The maximum atomic E-state index is 13.3. The third-order valence-corrected chi connectivity index (χ3v) is 6.23. The second kappa shape index (κ2) is 12.2. The number of esters is 1. The predicted molar refractivity (Wildman–Crippen MR) is 139 cm³/mol. The van der Waals surface area contributed by atoms with Crippen molar-refractivity contribution in [2.75, 3.05) is 19.1 Å². The average Bonchev–Trinajstić information content (AvgIpc) is 3.27. The van der Waals surface area contributed by atoms with Gasteiger partial charge in [0.15, 0.2) is 6.04 Å². The molecule has 0 saturated carbocycles. The molecule has 0 saturated heterocycles. The van der Waals surface area contributed by atoms with Crippen molar-refractivity contribution in [3.05, 3.63) is 65.2 Å². The number of anilines is 1. The van der Waals surface area contributed by atoms with Crippen molar-refractivity contribution < 1.29 is 42.2 Å². The highest BCUT2D eigenvalue weighted by atomic mass is 19.4. The molecule has 4 N–H and O–H groups in total. The Bertz CT molecular complexity index is 1400. The van der Waals surface area contributed by atoms with E-state index >= 15 is 0 Å². The van der Waals surface area contributed by atoms with E-state index in [0.717, 1.165) is 31.4 Å². The summed E-state index contributed by atoms with van der Waals surface area (Å²) in [6.45, 7) is 2.48. The van der Waals surface area contributed by atoms with Crippen molar-refractivity contribution >= 4 is 40.4 Å². The molecule has 13 heteroatoms. The van der Waals surface area contributed by atoms with Gasteiger partial charge in [-0.25, -0.2) is 4.79 Å². The first-order valence-electron chi connectivity index (χ1n) is 12.1. The van der Waals surface area contributed by atoms with Gasteiger partial charge in [0, 0.05) is 42.4 Å². The highest BCUT2D eigenvalue weighted by molar-refractivity contribution is 6.07. The van der Waals surface area contributed by atoms with Crippen LogP contribution in [0.4, 0.5) is 19.0 Å². The Morgan fingerprint density at radius 3 is 2.23 bits per heavy atom. The molecule has 40 heavy (non-hydrogen) atoms. The fourth-order valence-corrected chi connectivity index (χ4v) is 4.19. The second-order valence-corrected chi connectivity index (χ2v) is 9.14. The summed E-state index contributed by atoms with van der Waals surface area (Å²) >= 11 is 0. The maximum absolute atomic E-state index is 13.3. The number of halogens is 3. The van der Waals surface area contributed by atoms with E-state index in [2.05, 4.69) is 20.4 Å². The van der Waals surface area contributed by atoms with E-state index in [4.69, 9.17) is 0 Å². The summed E-state index contributed by atoms with van der Waals surface area (Å²) in [5, 5.41) is 15.5. The molecule has 0 fully saturated rings. The van der Waals surface area contributed by atoms with Gasteiger partial charge in [-0.1, -0.05) is 18.2 Å². The van der Waals surface area contributed by atoms with E-state index in [9.17, 15) is 37.5 Å². The van der Waals surface area contributed by atoms with Crippen molar-refractivity contribution in [1.29, 1.82) is 0 Å². The van der Waals surface area contributed by atoms with E-state index in [1.165, 1.54) is 25.8 Å². The Hall–Kier alpha value is -4.39. The molecule has 2 aromatic carbocycles. The number of H-pyrrole nitrogens is 1. The van der Waals surface area contributed by atoms with E-state index in [0.29, 0.717) is 16.5 Å². The van der Waals surface area contributed by atoms with Crippen LogP contribution in [0.3, 0.4) is 0 Å². The largest absolute Gasteiger partial charge is 0.467 e. The lowest BCUT2D eigenvalue weighted by Crippen LogP contribution is -2.55. The number of rotatable bonds is 9. The molecule has 3 aromatic rings. The normalized spacial score (nSPS) is 13.7. The molecule has 10 nitrogen and oxygen atoms in total. The van der Waals surface area contributed by atoms with Crippen molar-refractivity contribution in [2.24, 2.45) is 0 Å². The van der Waals surface area contributed by atoms with Crippen LogP contribution in [0.25, 0.3) is 10.9 Å². The number of aromatic amines is 1. The zero-order valence-corrected chi connectivity index (χ0v) is 22.1. The molecule has 1 unspecified atom stereocenters. The van der Waals surface area contributed by atoms with Gasteiger partial charge < -0.3 is 25.5 Å². The molecular formula is C27H29F3N4O6. The van der Waals surface area contributed by atoms with Crippen molar-refractivity contribution in [1.82, 2.24) is 15.6 Å². The van der Waals surface area contributed by atoms with Crippen molar-refractivity contribution in [2.45, 2.75) is 44.6 Å². The predicted octanol–water partition coefficient (Wildman–Crippen LogP) is 2.55. The van der Waals surface area contributed by atoms with Crippen LogP contribution in [0.15, 0.2) is 48.5 Å². The molecule has 1 heterocycles. The van der Waals surface area contributed by atoms with Crippen LogP contribution >= 0.6 is 0 Å². The van der Waals surface area contributed by atoms with Crippen LogP contribution in [0, 0.1) is 0 Å². The van der Waals surface area contributed by atoms with Crippen LogP contribution in [-0.4, -0.2) is 66.1 Å². The van der Waals surface area contributed by atoms with Crippen molar-refractivity contribution in [3.63, 3.8) is 0 Å². The van der Waals surface area contributed by atoms with Crippen LogP contribution in [-0.2, 0) is 31.7 Å². The Morgan fingerprint density at radius 2 is 1.68 bits per heavy atom. The summed E-state index contributed by atoms with van der Waals surface area (Å²) in [5.74, 6) is -2.61. The summed E-state index contributed by atoms with van der Waals surface area (Å²) in [5.41, 5.74) is 0.135. The number of amides is 3.